The highest BCUT2D eigenvalue weighted by Crippen LogP contribution is 2.24. The van der Waals surface area contributed by atoms with Crippen LogP contribution in [0.4, 0.5) is 0 Å². The lowest BCUT2D eigenvalue weighted by Gasteiger charge is -2.36. The summed E-state index contributed by atoms with van der Waals surface area (Å²) >= 11 is 0. The number of hydrogen-bond donors (Lipinski definition) is 1. The van der Waals surface area contributed by atoms with E-state index in [1.165, 1.54) is 5.56 Å². The van der Waals surface area contributed by atoms with Crippen LogP contribution in [0.2, 0.25) is 0 Å². The van der Waals surface area contributed by atoms with Gasteiger partial charge in [-0.3, -0.25) is 4.21 Å². The van der Waals surface area contributed by atoms with E-state index in [4.69, 9.17) is 5.73 Å². The van der Waals surface area contributed by atoms with Crippen molar-refractivity contribution in [3.05, 3.63) is 35.9 Å². The maximum Gasteiger partial charge on any atom is 0.0363 e. The van der Waals surface area contributed by atoms with Gasteiger partial charge in [0.15, 0.2) is 0 Å². The van der Waals surface area contributed by atoms with Crippen LogP contribution in [0, 0.1) is 0 Å². The summed E-state index contributed by atoms with van der Waals surface area (Å²) in [5.41, 5.74) is 7.27. The molecule has 0 aromatic heterocycles. The molecule has 1 heterocycles. The van der Waals surface area contributed by atoms with Gasteiger partial charge < -0.3 is 10.6 Å². The van der Waals surface area contributed by atoms with Gasteiger partial charge in [0.1, 0.15) is 0 Å². The summed E-state index contributed by atoms with van der Waals surface area (Å²) in [5, 5.41) is 0. The zero-order valence-corrected chi connectivity index (χ0v) is 11.8. The average molecular weight is 266 g/mol. The second-order valence-corrected chi connectivity index (χ2v) is 6.95. The van der Waals surface area contributed by atoms with Crippen molar-refractivity contribution < 1.29 is 4.21 Å². The molecule has 1 unspecified atom stereocenters. The first-order valence-corrected chi connectivity index (χ1v) is 7.96. The molecule has 1 aliphatic heterocycles. The Balaban J connectivity index is 2.06. The van der Waals surface area contributed by atoms with Gasteiger partial charge in [-0.25, -0.2) is 0 Å². The summed E-state index contributed by atoms with van der Waals surface area (Å²) in [6.45, 7) is 5.65. The Morgan fingerprint density at radius 2 is 1.89 bits per heavy atom. The maximum atomic E-state index is 11.4. The SMILES string of the molecule is CC(CN)(CN1CCS(=O)CC1)c1ccccc1. The maximum absolute atomic E-state index is 11.4. The fourth-order valence-corrected chi connectivity index (χ4v) is 3.57. The van der Waals surface area contributed by atoms with Gasteiger partial charge >= 0.3 is 0 Å². The van der Waals surface area contributed by atoms with Crippen molar-refractivity contribution in [2.75, 3.05) is 37.7 Å². The van der Waals surface area contributed by atoms with Gasteiger partial charge in [0.25, 0.3) is 0 Å². The molecule has 2 N–H and O–H groups in total. The normalized spacial score (nSPS) is 21.7. The van der Waals surface area contributed by atoms with Gasteiger partial charge in [0.05, 0.1) is 0 Å². The van der Waals surface area contributed by atoms with Crippen LogP contribution >= 0.6 is 0 Å². The molecule has 1 saturated heterocycles. The van der Waals surface area contributed by atoms with Crippen molar-refractivity contribution in [2.24, 2.45) is 5.73 Å². The predicted molar refractivity (Wildman–Crippen MR) is 77.2 cm³/mol. The van der Waals surface area contributed by atoms with Crippen LogP contribution in [0.1, 0.15) is 12.5 Å². The molecule has 0 aliphatic carbocycles. The van der Waals surface area contributed by atoms with Crippen LogP contribution in [-0.2, 0) is 16.2 Å². The second-order valence-electron chi connectivity index (χ2n) is 5.26. The third-order valence-electron chi connectivity index (χ3n) is 3.76. The van der Waals surface area contributed by atoms with E-state index in [1.54, 1.807) is 0 Å². The zero-order valence-electron chi connectivity index (χ0n) is 11.0. The molecule has 0 bridgehead atoms. The van der Waals surface area contributed by atoms with Crippen molar-refractivity contribution in [1.29, 1.82) is 0 Å². The van der Waals surface area contributed by atoms with Crippen molar-refractivity contribution in [3.63, 3.8) is 0 Å². The quantitative estimate of drug-likeness (QED) is 0.883. The van der Waals surface area contributed by atoms with E-state index >= 15 is 0 Å². The molecular formula is C14H22N2OS. The van der Waals surface area contributed by atoms with E-state index in [0.29, 0.717) is 6.54 Å². The predicted octanol–water partition coefficient (Wildman–Crippen LogP) is 0.967. The van der Waals surface area contributed by atoms with E-state index in [2.05, 4.69) is 36.1 Å². The Labute approximate surface area is 112 Å². The van der Waals surface area contributed by atoms with Crippen LogP contribution in [0.25, 0.3) is 0 Å². The van der Waals surface area contributed by atoms with Crippen LogP contribution in [0.15, 0.2) is 30.3 Å². The van der Waals surface area contributed by atoms with Crippen molar-refractivity contribution in [1.82, 2.24) is 4.90 Å². The van der Waals surface area contributed by atoms with Crippen molar-refractivity contribution in [3.8, 4) is 0 Å². The lowest BCUT2D eigenvalue weighted by atomic mass is 9.82. The number of hydrogen-bond acceptors (Lipinski definition) is 3. The van der Waals surface area contributed by atoms with Crippen LogP contribution < -0.4 is 5.73 Å². The molecule has 4 heteroatoms. The molecule has 0 radical (unpaired) electrons. The first-order chi connectivity index (χ1) is 8.64. The molecule has 1 aliphatic rings. The highest BCUT2D eigenvalue weighted by molar-refractivity contribution is 7.85. The number of nitrogens with two attached hydrogens (primary N) is 1. The van der Waals surface area contributed by atoms with Gasteiger partial charge in [-0.15, -0.1) is 0 Å². The Kier molecular flexibility index (Phi) is 4.54. The van der Waals surface area contributed by atoms with Crippen molar-refractivity contribution in [2.45, 2.75) is 12.3 Å². The third-order valence-corrected chi connectivity index (χ3v) is 5.04. The fraction of sp³-hybridized carbons (Fsp3) is 0.571. The molecule has 2 rings (SSSR count). The first kappa shape index (κ1) is 13.7. The highest BCUT2D eigenvalue weighted by Gasteiger charge is 2.29. The number of nitrogens with zero attached hydrogens (tertiary/aromatic N) is 1. The van der Waals surface area contributed by atoms with E-state index in [0.717, 1.165) is 31.1 Å². The van der Waals surface area contributed by atoms with Crippen LogP contribution in [0.5, 0.6) is 0 Å². The molecule has 0 spiro atoms. The highest BCUT2D eigenvalue weighted by atomic mass is 32.2. The largest absolute Gasteiger partial charge is 0.330 e. The van der Waals surface area contributed by atoms with E-state index in [-0.39, 0.29) is 5.41 Å². The van der Waals surface area contributed by atoms with Crippen LogP contribution in [-0.4, -0.2) is 46.8 Å². The minimum absolute atomic E-state index is 0.0138. The Morgan fingerprint density at radius 1 is 1.28 bits per heavy atom. The Hall–Kier alpha value is -0.710. The lowest BCUT2D eigenvalue weighted by Crippen LogP contribution is -2.48. The van der Waals surface area contributed by atoms with Gasteiger partial charge in [0, 0.05) is 53.9 Å². The summed E-state index contributed by atoms with van der Waals surface area (Å²) in [7, 11) is -0.609. The molecule has 100 valence electrons. The lowest BCUT2D eigenvalue weighted by molar-refractivity contribution is 0.234. The molecule has 0 saturated carbocycles. The molecule has 18 heavy (non-hydrogen) atoms. The fourth-order valence-electron chi connectivity index (χ4n) is 2.44. The van der Waals surface area contributed by atoms with Crippen molar-refractivity contribution >= 4 is 10.8 Å². The summed E-state index contributed by atoms with van der Waals surface area (Å²) in [6, 6.07) is 10.5. The minimum Gasteiger partial charge on any atom is -0.330 e. The smallest absolute Gasteiger partial charge is 0.0363 e. The number of benzene rings is 1. The summed E-state index contributed by atoms with van der Waals surface area (Å²) in [6.07, 6.45) is 0. The third kappa shape index (κ3) is 3.19. The molecule has 1 aromatic carbocycles. The summed E-state index contributed by atoms with van der Waals surface area (Å²) in [4.78, 5) is 2.39. The molecule has 1 atom stereocenters. The first-order valence-electron chi connectivity index (χ1n) is 6.47. The zero-order chi connectivity index (χ0) is 13.0. The average Bonchev–Trinajstić information content (AvgIpc) is 2.42. The van der Waals surface area contributed by atoms with Gasteiger partial charge in [-0.05, 0) is 5.56 Å². The number of rotatable bonds is 4. The monoisotopic (exact) mass is 266 g/mol. The topological polar surface area (TPSA) is 46.3 Å². The molecular weight excluding hydrogens is 244 g/mol. The van der Waals surface area contributed by atoms with E-state index in [9.17, 15) is 4.21 Å². The Morgan fingerprint density at radius 3 is 2.44 bits per heavy atom. The van der Waals surface area contributed by atoms with E-state index < -0.39 is 10.8 Å². The minimum atomic E-state index is -0.609. The standard InChI is InChI=1S/C14H22N2OS/c1-14(11-15,13-5-3-2-4-6-13)12-16-7-9-18(17)10-8-16/h2-6H,7-12,15H2,1H3. The Bertz CT molecular complexity index is 400. The molecule has 1 aromatic rings. The molecule has 3 nitrogen and oxygen atoms in total. The van der Waals surface area contributed by atoms with Gasteiger partial charge in [0.2, 0.25) is 0 Å². The van der Waals surface area contributed by atoms with E-state index in [1.807, 2.05) is 6.07 Å². The van der Waals surface area contributed by atoms with Gasteiger partial charge in [-0.2, -0.15) is 0 Å². The summed E-state index contributed by atoms with van der Waals surface area (Å²) < 4.78 is 11.4. The molecule has 0 amide bonds. The summed E-state index contributed by atoms with van der Waals surface area (Å²) in [5.74, 6) is 1.60. The molecule has 1 fully saturated rings. The second kappa shape index (κ2) is 5.95. The van der Waals surface area contributed by atoms with Crippen LogP contribution in [0.3, 0.4) is 0 Å². The van der Waals surface area contributed by atoms with Gasteiger partial charge in [-0.1, -0.05) is 37.3 Å².